The molecule has 0 aromatic carbocycles. The van der Waals surface area contributed by atoms with Crippen LogP contribution in [-0.2, 0) is 65.4 Å². The number of rotatable bonds is 70. The van der Waals surface area contributed by atoms with Crippen LogP contribution in [0.1, 0.15) is 364 Å². The third kappa shape index (κ3) is 64.1. The molecule has 0 saturated carbocycles. The molecule has 0 spiro atoms. The van der Waals surface area contributed by atoms with E-state index in [0.717, 1.165) is 114 Å². The first-order chi connectivity index (χ1) is 44.2. The molecule has 0 aliphatic rings. The van der Waals surface area contributed by atoms with E-state index in [1.54, 1.807) is 0 Å². The lowest BCUT2D eigenvalue weighted by Crippen LogP contribution is -2.30. The lowest BCUT2D eigenvalue weighted by Gasteiger charge is -2.21. The van der Waals surface area contributed by atoms with Gasteiger partial charge in [0.05, 0.1) is 26.4 Å². The fourth-order valence-corrected chi connectivity index (χ4v) is 12.5. The molecule has 0 aromatic rings. The zero-order valence-electron chi connectivity index (χ0n) is 60.2. The highest BCUT2D eigenvalue weighted by molar-refractivity contribution is 7.47. The predicted molar refractivity (Wildman–Crippen MR) is 372 cm³/mol. The minimum atomic E-state index is -4.96. The lowest BCUT2D eigenvalue weighted by atomic mass is 9.99. The maximum absolute atomic E-state index is 13.1. The quantitative estimate of drug-likeness (QED) is 0.0222. The lowest BCUT2D eigenvalue weighted by molar-refractivity contribution is -0.161. The Bertz CT molecular complexity index is 1820. The minimum Gasteiger partial charge on any atom is -0.462 e. The number of phosphoric ester groups is 2. The smallest absolute Gasteiger partial charge is 0.462 e. The van der Waals surface area contributed by atoms with Crippen LogP contribution in [0.15, 0.2) is 0 Å². The molecular weight excluding hydrogens is 1210 g/mol. The van der Waals surface area contributed by atoms with Crippen LogP contribution in [0.25, 0.3) is 0 Å². The highest BCUT2D eigenvalue weighted by atomic mass is 31.2. The SMILES string of the molecule is CCC(C)CCCCCCCCCCCCC(=O)OC[C@H](COP(=O)(O)OC[C@@H](O)COP(=O)(O)OC[C@@H](COC(=O)CCCCCCCCC(C)C)OC(=O)CCCCCCCCC(C)CC)OC(=O)CCCCCCCCCCCCCCCCCCC(C)C. The van der Waals surface area contributed by atoms with Crippen molar-refractivity contribution in [2.45, 2.75) is 382 Å². The Morgan fingerprint density at radius 3 is 0.772 bits per heavy atom. The van der Waals surface area contributed by atoms with E-state index in [1.165, 1.54) is 161 Å². The molecule has 0 rings (SSSR count). The molecule has 0 amide bonds. The van der Waals surface area contributed by atoms with Crippen molar-refractivity contribution in [1.82, 2.24) is 0 Å². The van der Waals surface area contributed by atoms with Gasteiger partial charge in [0, 0.05) is 25.7 Å². The summed E-state index contributed by atoms with van der Waals surface area (Å²) in [6.07, 6.45) is 46.0. The monoisotopic (exact) mass is 1350 g/mol. The number of hydrogen-bond donors (Lipinski definition) is 3. The molecule has 0 saturated heterocycles. The van der Waals surface area contributed by atoms with E-state index in [4.69, 9.17) is 37.0 Å². The van der Waals surface area contributed by atoms with Gasteiger partial charge in [-0.15, -0.1) is 0 Å². The van der Waals surface area contributed by atoms with E-state index >= 15 is 0 Å². The molecule has 7 atom stereocenters. The average Bonchev–Trinajstić information content (AvgIpc) is 3.72. The standard InChI is InChI=1S/C73H142O17P2/c1-9-65(7)51-43-35-26-22-19-20-23-27-37-45-53-70(75)83-59-68(89-72(77)55-47-39-28-24-18-16-14-12-11-13-15-17-21-25-33-41-49-63(3)4)61-87-91(79,80)85-57-67(74)58-86-92(81,82)88-62-69(60-84-71(76)54-46-38-31-29-34-42-50-64(5)6)90-73(78)56-48-40-32-30-36-44-52-66(8)10-2/h63-69,74H,9-62H2,1-8H3,(H,79,80)(H,81,82)/t65?,66?,67-,68-,69-/m1/s1. The van der Waals surface area contributed by atoms with Crippen molar-refractivity contribution < 1.29 is 80.2 Å². The molecule has 0 aromatic heterocycles. The summed E-state index contributed by atoms with van der Waals surface area (Å²) in [5.74, 6) is 0.888. The molecule has 0 fully saturated rings. The summed E-state index contributed by atoms with van der Waals surface area (Å²) in [5.41, 5.74) is 0. The molecule has 17 nitrogen and oxygen atoms in total. The molecule has 0 aliphatic carbocycles. The maximum atomic E-state index is 13.1. The summed E-state index contributed by atoms with van der Waals surface area (Å²) < 4.78 is 68.3. The first kappa shape index (κ1) is 90.1. The highest BCUT2D eigenvalue weighted by Gasteiger charge is 2.30. The van der Waals surface area contributed by atoms with Gasteiger partial charge in [-0.3, -0.25) is 37.3 Å². The summed E-state index contributed by atoms with van der Waals surface area (Å²) in [6.45, 7) is 14.1. The van der Waals surface area contributed by atoms with Crippen molar-refractivity contribution in [3.05, 3.63) is 0 Å². The fraction of sp³-hybridized carbons (Fsp3) is 0.945. The first-order valence-electron chi connectivity index (χ1n) is 37.8. The molecule has 3 N–H and O–H groups in total. The van der Waals surface area contributed by atoms with Gasteiger partial charge in [0.2, 0.25) is 0 Å². The number of hydrogen-bond acceptors (Lipinski definition) is 15. The molecule has 4 unspecified atom stereocenters. The predicted octanol–water partition coefficient (Wildman–Crippen LogP) is 20.9. The van der Waals surface area contributed by atoms with Crippen LogP contribution in [0.3, 0.4) is 0 Å². The second-order valence-electron chi connectivity index (χ2n) is 27.8. The molecular formula is C73H142O17P2. The molecule has 0 radical (unpaired) electrons. The van der Waals surface area contributed by atoms with Crippen LogP contribution >= 0.6 is 15.6 Å². The number of ether oxygens (including phenoxy) is 4. The van der Waals surface area contributed by atoms with Crippen molar-refractivity contribution in [1.29, 1.82) is 0 Å². The number of carbonyl (C=O) groups is 4. The van der Waals surface area contributed by atoms with Crippen molar-refractivity contribution >= 4 is 39.5 Å². The topological polar surface area (TPSA) is 237 Å². The Balaban J connectivity index is 5.22. The van der Waals surface area contributed by atoms with E-state index in [9.17, 15) is 43.2 Å². The normalized spacial score (nSPS) is 14.8. The average molecular weight is 1350 g/mol. The Kier molecular flexibility index (Phi) is 61.3. The molecule has 19 heteroatoms. The highest BCUT2D eigenvalue weighted by Crippen LogP contribution is 2.45. The molecule has 546 valence electrons. The van der Waals surface area contributed by atoms with Crippen LogP contribution in [0.2, 0.25) is 0 Å². The molecule has 92 heavy (non-hydrogen) atoms. The summed E-state index contributed by atoms with van der Waals surface area (Å²) in [5, 5.41) is 10.6. The van der Waals surface area contributed by atoms with Crippen molar-refractivity contribution in [3.63, 3.8) is 0 Å². The van der Waals surface area contributed by atoms with Gasteiger partial charge in [0.25, 0.3) is 0 Å². The third-order valence-electron chi connectivity index (χ3n) is 17.5. The summed E-state index contributed by atoms with van der Waals surface area (Å²) >= 11 is 0. The Morgan fingerprint density at radius 1 is 0.304 bits per heavy atom. The zero-order chi connectivity index (χ0) is 68.2. The van der Waals surface area contributed by atoms with Gasteiger partial charge >= 0.3 is 39.5 Å². The zero-order valence-corrected chi connectivity index (χ0v) is 62.0. The maximum Gasteiger partial charge on any atom is 0.472 e. The number of phosphoric acid groups is 2. The van der Waals surface area contributed by atoms with Crippen LogP contribution < -0.4 is 0 Å². The van der Waals surface area contributed by atoms with Crippen molar-refractivity contribution in [3.8, 4) is 0 Å². The summed E-state index contributed by atoms with van der Waals surface area (Å²) in [6, 6.07) is 0. The fourth-order valence-electron chi connectivity index (χ4n) is 11.0. The third-order valence-corrected chi connectivity index (χ3v) is 19.4. The van der Waals surface area contributed by atoms with Gasteiger partial charge in [-0.1, -0.05) is 312 Å². The van der Waals surface area contributed by atoms with Gasteiger partial charge < -0.3 is 33.8 Å². The molecule has 0 aliphatic heterocycles. The number of esters is 4. The second-order valence-corrected chi connectivity index (χ2v) is 30.7. The van der Waals surface area contributed by atoms with Gasteiger partial charge in [-0.05, 0) is 49.4 Å². The van der Waals surface area contributed by atoms with Gasteiger partial charge in [0.15, 0.2) is 12.2 Å². The van der Waals surface area contributed by atoms with E-state index < -0.39 is 97.5 Å². The van der Waals surface area contributed by atoms with E-state index in [0.29, 0.717) is 31.6 Å². The van der Waals surface area contributed by atoms with Crippen LogP contribution in [0.5, 0.6) is 0 Å². The van der Waals surface area contributed by atoms with Crippen molar-refractivity contribution in [2.24, 2.45) is 23.7 Å². The van der Waals surface area contributed by atoms with Crippen LogP contribution in [-0.4, -0.2) is 96.7 Å². The summed E-state index contributed by atoms with van der Waals surface area (Å²) in [4.78, 5) is 72.6. The largest absolute Gasteiger partial charge is 0.472 e. The van der Waals surface area contributed by atoms with Gasteiger partial charge in [-0.25, -0.2) is 9.13 Å². The van der Waals surface area contributed by atoms with Gasteiger partial charge in [-0.2, -0.15) is 0 Å². The number of aliphatic hydroxyl groups excluding tert-OH is 1. The number of unbranched alkanes of at least 4 members (excludes halogenated alkanes) is 34. The van der Waals surface area contributed by atoms with E-state index in [-0.39, 0.29) is 25.7 Å². The first-order valence-corrected chi connectivity index (χ1v) is 40.8. The Morgan fingerprint density at radius 2 is 0.522 bits per heavy atom. The Hall–Kier alpha value is -1.94. The van der Waals surface area contributed by atoms with E-state index in [1.807, 2.05) is 0 Å². The number of carbonyl (C=O) groups excluding carboxylic acids is 4. The Labute approximate surface area is 562 Å². The van der Waals surface area contributed by atoms with E-state index in [2.05, 4.69) is 55.4 Å². The second kappa shape index (κ2) is 62.6. The molecule has 0 heterocycles. The van der Waals surface area contributed by atoms with Crippen LogP contribution in [0.4, 0.5) is 0 Å². The van der Waals surface area contributed by atoms with Crippen LogP contribution in [0, 0.1) is 23.7 Å². The van der Waals surface area contributed by atoms with Gasteiger partial charge in [0.1, 0.15) is 19.3 Å². The molecule has 0 bridgehead atoms. The summed E-state index contributed by atoms with van der Waals surface area (Å²) in [7, 11) is -9.91. The number of aliphatic hydroxyl groups is 1. The minimum absolute atomic E-state index is 0.102. The van der Waals surface area contributed by atoms with Crippen molar-refractivity contribution in [2.75, 3.05) is 39.6 Å².